The van der Waals surface area contributed by atoms with Gasteiger partial charge < -0.3 is 4.74 Å². The Balaban J connectivity index is 2.50. The van der Waals surface area contributed by atoms with Crippen LogP contribution >= 0.6 is 0 Å². The molecule has 0 fully saturated rings. The van der Waals surface area contributed by atoms with Gasteiger partial charge in [0.1, 0.15) is 5.76 Å². The van der Waals surface area contributed by atoms with E-state index >= 15 is 0 Å². The van der Waals surface area contributed by atoms with Crippen molar-refractivity contribution in [2.75, 3.05) is 0 Å². The summed E-state index contributed by atoms with van der Waals surface area (Å²) < 4.78 is 4.51. The first kappa shape index (κ1) is 4.37. The molecule has 0 aromatic rings. The Kier molecular flexibility index (Phi) is 0.855. The number of ether oxygens (including phenoxy) is 1. The summed E-state index contributed by atoms with van der Waals surface area (Å²) in [7, 11) is 0. The lowest BCUT2D eigenvalue weighted by molar-refractivity contribution is -0.138. The van der Waals surface area contributed by atoms with Crippen LogP contribution in [0, 0.1) is 0 Å². The van der Waals surface area contributed by atoms with Gasteiger partial charge in [0.15, 0.2) is 0 Å². The molecular formula is C5H6O2. The average molecular weight is 98.1 g/mol. The fourth-order valence-corrected chi connectivity index (χ4v) is 0.436. The van der Waals surface area contributed by atoms with Crippen LogP contribution in [0.2, 0.25) is 0 Å². The second kappa shape index (κ2) is 1.37. The Hall–Kier alpha value is -0.790. The van der Waals surface area contributed by atoms with Crippen molar-refractivity contribution in [1.82, 2.24) is 0 Å². The minimum atomic E-state index is -0.211. The molecule has 0 bridgehead atoms. The summed E-state index contributed by atoms with van der Waals surface area (Å²) >= 11 is 0. The Labute approximate surface area is 41.8 Å². The molecule has 0 saturated heterocycles. The molecule has 0 amide bonds. The molecule has 0 aromatic carbocycles. The molecule has 0 atom stereocenters. The van der Waals surface area contributed by atoms with Gasteiger partial charge in [-0.1, -0.05) is 6.92 Å². The molecule has 0 aromatic heterocycles. The maximum absolute atomic E-state index is 9.97. The summed E-state index contributed by atoms with van der Waals surface area (Å²) in [6.07, 6.45) is 2.33. The van der Waals surface area contributed by atoms with Gasteiger partial charge in [-0.05, 0) is 0 Å². The minimum absolute atomic E-state index is 0.211. The third-order valence-electron chi connectivity index (χ3n) is 0.859. The molecule has 1 heterocycles. The van der Waals surface area contributed by atoms with E-state index in [1.165, 1.54) is 6.08 Å². The van der Waals surface area contributed by atoms with Crippen molar-refractivity contribution in [2.24, 2.45) is 0 Å². The van der Waals surface area contributed by atoms with Crippen LogP contribution < -0.4 is 0 Å². The summed E-state index contributed by atoms with van der Waals surface area (Å²) in [5.41, 5.74) is 0. The monoisotopic (exact) mass is 98.0 g/mol. The van der Waals surface area contributed by atoms with Crippen LogP contribution in [-0.4, -0.2) is 5.97 Å². The molecule has 2 heteroatoms. The topological polar surface area (TPSA) is 26.3 Å². The molecule has 0 saturated carbocycles. The van der Waals surface area contributed by atoms with Crippen LogP contribution in [0.4, 0.5) is 0 Å². The molecule has 0 N–H and O–H groups in total. The first-order valence-electron chi connectivity index (χ1n) is 2.25. The van der Waals surface area contributed by atoms with Gasteiger partial charge in [0.2, 0.25) is 0 Å². The van der Waals surface area contributed by atoms with Crippen molar-refractivity contribution in [1.29, 1.82) is 0 Å². The van der Waals surface area contributed by atoms with Crippen molar-refractivity contribution in [3.05, 3.63) is 11.8 Å². The molecule has 0 unspecified atom stereocenters. The second-order valence-corrected chi connectivity index (χ2v) is 1.39. The summed E-state index contributed by atoms with van der Waals surface area (Å²) in [6.45, 7) is 1.94. The Morgan fingerprint density at radius 1 is 1.86 bits per heavy atom. The van der Waals surface area contributed by atoms with E-state index in [0.717, 1.165) is 12.2 Å². The number of esters is 1. The van der Waals surface area contributed by atoms with Gasteiger partial charge >= 0.3 is 5.97 Å². The van der Waals surface area contributed by atoms with E-state index in [1.54, 1.807) is 0 Å². The number of rotatable bonds is 1. The fourth-order valence-electron chi connectivity index (χ4n) is 0.436. The highest BCUT2D eigenvalue weighted by Crippen LogP contribution is 2.12. The lowest BCUT2D eigenvalue weighted by Gasteiger charge is -2.10. The first-order valence-corrected chi connectivity index (χ1v) is 2.25. The van der Waals surface area contributed by atoms with Crippen LogP contribution in [-0.2, 0) is 9.53 Å². The van der Waals surface area contributed by atoms with Gasteiger partial charge in [0.05, 0.1) is 6.08 Å². The summed E-state index contributed by atoms with van der Waals surface area (Å²) in [5, 5.41) is 0. The first-order chi connectivity index (χ1) is 3.33. The van der Waals surface area contributed by atoms with Crippen molar-refractivity contribution < 1.29 is 9.53 Å². The van der Waals surface area contributed by atoms with Gasteiger partial charge in [-0.2, -0.15) is 0 Å². The lowest BCUT2D eigenvalue weighted by Crippen LogP contribution is -2.11. The molecule has 38 valence electrons. The van der Waals surface area contributed by atoms with Crippen LogP contribution in [0.3, 0.4) is 0 Å². The molecular weight excluding hydrogens is 92.1 g/mol. The Morgan fingerprint density at radius 3 is 2.57 bits per heavy atom. The molecule has 1 rings (SSSR count). The van der Waals surface area contributed by atoms with E-state index < -0.39 is 0 Å². The highest BCUT2D eigenvalue weighted by atomic mass is 16.6. The highest BCUT2D eigenvalue weighted by Gasteiger charge is 2.13. The summed E-state index contributed by atoms with van der Waals surface area (Å²) in [6, 6.07) is 0. The van der Waals surface area contributed by atoms with E-state index in [9.17, 15) is 4.79 Å². The lowest BCUT2D eigenvalue weighted by atomic mass is 10.3. The van der Waals surface area contributed by atoms with E-state index in [4.69, 9.17) is 0 Å². The number of allylic oxidation sites excluding steroid dienone is 1. The molecule has 7 heavy (non-hydrogen) atoms. The van der Waals surface area contributed by atoms with Gasteiger partial charge in [-0.3, -0.25) is 0 Å². The van der Waals surface area contributed by atoms with Crippen LogP contribution in [0.25, 0.3) is 0 Å². The normalized spacial score (nSPS) is 17.3. The smallest absolute Gasteiger partial charge is 0.339 e. The fraction of sp³-hybridized carbons (Fsp3) is 0.400. The predicted molar refractivity (Wildman–Crippen MR) is 24.5 cm³/mol. The number of carbonyl (C=O) groups excluding carboxylic acids is 1. The third-order valence-corrected chi connectivity index (χ3v) is 0.859. The molecule has 0 spiro atoms. The average Bonchev–Trinajstić information content (AvgIpc) is 1.58. The standard InChI is InChI=1S/C5H6O2/c1-2-4-3-5(6)7-4/h3H,2H2,1H3. The number of cyclic esters (lactones) is 1. The second-order valence-electron chi connectivity index (χ2n) is 1.39. The zero-order chi connectivity index (χ0) is 5.28. The third kappa shape index (κ3) is 0.633. The van der Waals surface area contributed by atoms with Gasteiger partial charge in [-0.25, -0.2) is 4.79 Å². The predicted octanol–water partition coefficient (Wildman–Crippen LogP) is 0.837. The van der Waals surface area contributed by atoms with Crippen LogP contribution in [0.1, 0.15) is 13.3 Å². The maximum Gasteiger partial charge on any atom is 0.339 e. The minimum Gasteiger partial charge on any atom is -0.428 e. The van der Waals surface area contributed by atoms with Gasteiger partial charge in [0, 0.05) is 6.42 Å². The SMILES string of the molecule is CCC1=CC(=O)O1. The zero-order valence-corrected chi connectivity index (χ0v) is 4.10. The molecule has 0 radical (unpaired) electrons. The van der Waals surface area contributed by atoms with Crippen molar-refractivity contribution in [3.8, 4) is 0 Å². The molecule has 2 nitrogen and oxygen atoms in total. The van der Waals surface area contributed by atoms with Crippen LogP contribution in [0.15, 0.2) is 11.8 Å². The van der Waals surface area contributed by atoms with Crippen molar-refractivity contribution >= 4 is 5.97 Å². The van der Waals surface area contributed by atoms with Crippen LogP contribution in [0.5, 0.6) is 0 Å². The van der Waals surface area contributed by atoms with Gasteiger partial charge in [-0.15, -0.1) is 0 Å². The Morgan fingerprint density at radius 2 is 2.43 bits per heavy atom. The number of hydrogen-bond acceptors (Lipinski definition) is 2. The zero-order valence-electron chi connectivity index (χ0n) is 4.10. The molecule has 1 aliphatic rings. The maximum atomic E-state index is 9.97. The van der Waals surface area contributed by atoms with E-state index in [1.807, 2.05) is 6.92 Å². The van der Waals surface area contributed by atoms with E-state index in [-0.39, 0.29) is 5.97 Å². The van der Waals surface area contributed by atoms with Gasteiger partial charge in [0.25, 0.3) is 0 Å². The quantitative estimate of drug-likeness (QED) is 0.454. The largest absolute Gasteiger partial charge is 0.428 e. The van der Waals surface area contributed by atoms with E-state index in [2.05, 4.69) is 4.74 Å². The molecule has 1 aliphatic heterocycles. The summed E-state index contributed by atoms with van der Waals surface area (Å²) in [5.74, 6) is 0.585. The number of carbonyl (C=O) groups is 1. The van der Waals surface area contributed by atoms with Crippen molar-refractivity contribution in [3.63, 3.8) is 0 Å². The number of hydrogen-bond donors (Lipinski definition) is 0. The molecule has 0 aliphatic carbocycles. The Bertz CT molecular complexity index is 124. The van der Waals surface area contributed by atoms with Crippen molar-refractivity contribution in [2.45, 2.75) is 13.3 Å². The highest BCUT2D eigenvalue weighted by molar-refractivity contribution is 5.88. The summed E-state index contributed by atoms with van der Waals surface area (Å²) in [4.78, 5) is 9.97. The van der Waals surface area contributed by atoms with E-state index in [0.29, 0.717) is 0 Å².